The summed E-state index contributed by atoms with van der Waals surface area (Å²) in [6.45, 7) is 3.62. The van der Waals surface area contributed by atoms with E-state index < -0.39 is 5.60 Å². The number of aromatic nitrogens is 2. The van der Waals surface area contributed by atoms with E-state index in [2.05, 4.69) is 5.32 Å². The molecule has 1 aliphatic rings. The molecule has 1 saturated carbocycles. The van der Waals surface area contributed by atoms with Gasteiger partial charge in [-0.15, -0.1) is 0 Å². The van der Waals surface area contributed by atoms with Crippen molar-refractivity contribution >= 4 is 34.1 Å². The number of fused-ring (bicyclic) bond motifs is 1. The number of aliphatic hydroxyl groups excluding tert-OH is 1. The highest BCUT2D eigenvalue weighted by Gasteiger charge is 2.26. The first-order valence-corrected chi connectivity index (χ1v) is 11.1. The number of anilines is 1. The Kier molecular flexibility index (Phi) is 6.06. The molecule has 3 aromatic rings. The molecule has 31 heavy (non-hydrogen) atoms. The first kappa shape index (κ1) is 21.8. The van der Waals surface area contributed by atoms with Crippen molar-refractivity contribution in [2.24, 2.45) is 5.92 Å². The van der Waals surface area contributed by atoms with Gasteiger partial charge in [-0.3, -0.25) is 9.48 Å². The summed E-state index contributed by atoms with van der Waals surface area (Å²) < 4.78 is 1.99. The lowest BCUT2D eigenvalue weighted by atomic mass is 9.87. The third kappa shape index (κ3) is 4.61. The van der Waals surface area contributed by atoms with E-state index in [0.29, 0.717) is 33.8 Å². The second-order valence-electron chi connectivity index (χ2n) is 8.92. The lowest BCUT2D eigenvalue weighted by Gasteiger charge is -2.27. The summed E-state index contributed by atoms with van der Waals surface area (Å²) in [7, 11) is 0. The van der Waals surface area contributed by atoms with Gasteiger partial charge in [0.05, 0.1) is 27.7 Å². The second-order valence-corrected chi connectivity index (χ2v) is 9.32. The van der Waals surface area contributed by atoms with Gasteiger partial charge in [0.1, 0.15) is 0 Å². The van der Waals surface area contributed by atoms with E-state index in [-0.39, 0.29) is 12.5 Å². The van der Waals surface area contributed by atoms with Gasteiger partial charge in [0.2, 0.25) is 0 Å². The van der Waals surface area contributed by atoms with Crippen molar-refractivity contribution in [3.8, 4) is 0 Å². The number of carbonyl (C=O) groups excluding carboxylic acids is 1. The Labute approximate surface area is 186 Å². The van der Waals surface area contributed by atoms with E-state index in [1.54, 1.807) is 38.1 Å². The van der Waals surface area contributed by atoms with Gasteiger partial charge in [-0.25, -0.2) is 0 Å². The smallest absolute Gasteiger partial charge is 0.257 e. The number of nitrogens with one attached hydrogen (secondary N) is 1. The van der Waals surface area contributed by atoms with Crippen LogP contribution in [0.2, 0.25) is 5.02 Å². The SMILES string of the molecule is CC(C)(O)c1cc2nn([C@H]3CC[C@H](CO)CC3)cc2cc1NC(=O)c1ccccc1Cl. The molecule has 0 atom stereocenters. The Bertz CT molecular complexity index is 1100. The third-order valence-corrected chi connectivity index (χ3v) is 6.47. The molecular formula is C24H28ClN3O3. The average molecular weight is 442 g/mol. The Morgan fingerprint density at radius 2 is 1.94 bits per heavy atom. The van der Waals surface area contributed by atoms with Crippen molar-refractivity contribution in [2.75, 3.05) is 11.9 Å². The summed E-state index contributed by atoms with van der Waals surface area (Å²) in [6, 6.07) is 10.9. The van der Waals surface area contributed by atoms with Crippen LogP contribution in [0.15, 0.2) is 42.6 Å². The van der Waals surface area contributed by atoms with E-state index in [1.165, 1.54) is 0 Å². The highest BCUT2D eigenvalue weighted by atomic mass is 35.5. The summed E-state index contributed by atoms with van der Waals surface area (Å²) in [4.78, 5) is 12.8. The predicted molar refractivity (Wildman–Crippen MR) is 122 cm³/mol. The van der Waals surface area contributed by atoms with Gasteiger partial charge < -0.3 is 15.5 Å². The maximum atomic E-state index is 12.8. The number of rotatable bonds is 5. The fourth-order valence-corrected chi connectivity index (χ4v) is 4.54. The minimum atomic E-state index is -1.17. The Morgan fingerprint density at radius 1 is 1.23 bits per heavy atom. The maximum absolute atomic E-state index is 12.8. The predicted octanol–water partition coefficient (Wildman–Crippen LogP) is 4.89. The third-order valence-electron chi connectivity index (χ3n) is 6.14. The summed E-state index contributed by atoms with van der Waals surface area (Å²) in [5, 5.41) is 29.1. The minimum Gasteiger partial charge on any atom is -0.396 e. The number of amides is 1. The van der Waals surface area contributed by atoms with E-state index in [9.17, 15) is 15.0 Å². The number of halogens is 1. The van der Waals surface area contributed by atoms with Crippen LogP contribution in [-0.4, -0.2) is 32.5 Å². The van der Waals surface area contributed by atoms with E-state index >= 15 is 0 Å². The van der Waals surface area contributed by atoms with Gasteiger partial charge in [0.25, 0.3) is 5.91 Å². The monoisotopic (exact) mass is 441 g/mol. The van der Waals surface area contributed by atoms with Crippen LogP contribution in [0, 0.1) is 5.92 Å². The molecule has 6 nitrogen and oxygen atoms in total. The normalized spacial score (nSPS) is 19.5. The zero-order valence-corrected chi connectivity index (χ0v) is 18.6. The van der Waals surface area contributed by atoms with Crippen molar-refractivity contribution in [2.45, 2.75) is 51.2 Å². The molecule has 7 heteroatoms. The minimum absolute atomic E-state index is 0.247. The summed E-state index contributed by atoms with van der Waals surface area (Å²) >= 11 is 6.18. The molecule has 0 radical (unpaired) electrons. The van der Waals surface area contributed by atoms with Gasteiger partial charge in [-0.1, -0.05) is 23.7 Å². The largest absolute Gasteiger partial charge is 0.396 e. The molecule has 1 aromatic heterocycles. The quantitative estimate of drug-likeness (QED) is 0.525. The molecular weight excluding hydrogens is 414 g/mol. The number of nitrogens with zero attached hydrogens (tertiary/aromatic N) is 2. The first-order valence-electron chi connectivity index (χ1n) is 10.7. The van der Waals surface area contributed by atoms with E-state index in [0.717, 1.165) is 36.6 Å². The molecule has 1 aliphatic carbocycles. The van der Waals surface area contributed by atoms with Gasteiger partial charge in [-0.05, 0) is 69.7 Å². The van der Waals surface area contributed by atoms with Crippen LogP contribution in [0.5, 0.6) is 0 Å². The van der Waals surface area contributed by atoms with Crippen LogP contribution >= 0.6 is 11.6 Å². The standard InChI is InChI=1S/C24H28ClN3O3/c1-24(2,31)19-12-21-16(13-28(27-21)17-9-7-15(14-29)8-10-17)11-22(19)26-23(30)18-5-3-4-6-20(18)25/h3-6,11-13,15,17,29,31H,7-10,14H2,1-2H3,(H,26,30)/t15-,17-. The van der Waals surface area contributed by atoms with E-state index in [1.807, 2.05) is 23.0 Å². The zero-order chi connectivity index (χ0) is 22.2. The van der Waals surface area contributed by atoms with Crippen molar-refractivity contribution in [1.82, 2.24) is 9.78 Å². The summed E-state index contributed by atoms with van der Waals surface area (Å²) in [6.07, 6.45) is 5.94. The molecule has 1 heterocycles. The molecule has 3 N–H and O–H groups in total. The molecule has 164 valence electrons. The average Bonchev–Trinajstić information content (AvgIpc) is 3.16. The number of carbonyl (C=O) groups is 1. The molecule has 2 aromatic carbocycles. The van der Waals surface area contributed by atoms with Crippen LogP contribution in [0.25, 0.3) is 10.9 Å². The molecule has 1 amide bonds. The lowest BCUT2D eigenvalue weighted by Crippen LogP contribution is -2.21. The molecule has 0 saturated heterocycles. The van der Waals surface area contributed by atoms with Crippen molar-refractivity contribution in [3.63, 3.8) is 0 Å². The maximum Gasteiger partial charge on any atom is 0.257 e. The Hall–Kier alpha value is -2.41. The van der Waals surface area contributed by atoms with Crippen molar-refractivity contribution in [3.05, 3.63) is 58.7 Å². The Morgan fingerprint density at radius 3 is 2.58 bits per heavy atom. The van der Waals surface area contributed by atoms with Crippen LogP contribution in [0.3, 0.4) is 0 Å². The van der Waals surface area contributed by atoms with Gasteiger partial charge in [0, 0.05) is 29.4 Å². The van der Waals surface area contributed by atoms with Crippen LogP contribution < -0.4 is 5.32 Å². The molecule has 0 aliphatic heterocycles. The summed E-state index contributed by atoms with van der Waals surface area (Å²) in [5.41, 5.74) is 1.11. The van der Waals surface area contributed by atoms with Gasteiger partial charge in [0.15, 0.2) is 0 Å². The Balaban J connectivity index is 1.67. The molecule has 0 unspecified atom stereocenters. The fourth-order valence-electron chi connectivity index (χ4n) is 4.31. The van der Waals surface area contributed by atoms with Gasteiger partial charge in [-0.2, -0.15) is 5.10 Å². The van der Waals surface area contributed by atoms with E-state index in [4.69, 9.17) is 16.7 Å². The molecule has 4 rings (SSSR count). The zero-order valence-electron chi connectivity index (χ0n) is 17.8. The lowest BCUT2D eigenvalue weighted by molar-refractivity contribution is 0.0794. The second kappa shape index (κ2) is 8.61. The summed E-state index contributed by atoms with van der Waals surface area (Å²) in [5.74, 6) is 0.0554. The molecule has 1 fully saturated rings. The number of aliphatic hydroxyl groups is 2. The van der Waals surface area contributed by atoms with Gasteiger partial charge >= 0.3 is 0 Å². The molecule has 0 spiro atoms. The molecule has 0 bridgehead atoms. The highest BCUT2D eigenvalue weighted by Crippen LogP contribution is 2.35. The highest BCUT2D eigenvalue weighted by molar-refractivity contribution is 6.34. The first-order chi connectivity index (χ1) is 14.8. The van der Waals surface area contributed by atoms with Crippen LogP contribution in [0.1, 0.15) is 61.5 Å². The fraction of sp³-hybridized carbons (Fsp3) is 0.417. The van der Waals surface area contributed by atoms with Crippen molar-refractivity contribution in [1.29, 1.82) is 0 Å². The number of hydrogen-bond donors (Lipinski definition) is 3. The van der Waals surface area contributed by atoms with Crippen LogP contribution in [-0.2, 0) is 5.60 Å². The van der Waals surface area contributed by atoms with Crippen LogP contribution in [0.4, 0.5) is 5.69 Å². The number of benzene rings is 2. The number of hydrogen-bond acceptors (Lipinski definition) is 4. The van der Waals surface area contributed by atoms with Crippen molar-refractivity contribution < 1.29 is 15.0 Å². The topological polar surface area (TPSA) is 87.4 Å².